The maximum absolute atomic E-state index is 13.0. The lowest BCUT2D eigenvalue weighted by Crippen LogP contribution is -2.30. The number of imide groups is 1. The number of halogens is 1. The van der Waals surface area contributed by atoms with Crippen LogP contribution in [0.1, 0.15) is 27.4 Å². The molecule has 36 heavy (non-hydrogen) atoms. The lowest BCUT2D eigenvalue weighted by Gasteiger charge is -2.11. The van der Waals surface area contributed by atoms with E-state index in [-0.39, 0.29) is 47.4 Å². The summed E-state index contributed by atoms with van der Waals surface area (Å²) in [6.45, 7) is -0.193. The normalized spacial score (nSPS) is 14.2. The molecule has 2 aromatic carbocycles. The number of nitrogens with one attached hydrogen (secondary N) is 1. The molecular weight excluding hydrogens is 538 g/mol. The molecule has 0 radical (unpaired) electrons. The molecule has 1 aliphatic rings. The van der Waals surface area contributed by atoms with Crippen molar-refractivity contribution in [3.63, 3.8) is 0 Å². The van der Waals surface area contributed by atoms with Gasteiger partial charge in [-0.05, 0) is 29.8 Å². The molecule has 184 valence electrons. The van der Waals surface area contributed by atoms with Crippen molar-refractivity contribution in [1.82, 2.24) is 10.2 Å². The second kappa shape index (κ2) is 10.4. The maximum atomic E-state index is 13.0. The summed E-state index contributed by atoms with van der Waals surface area (Å²) in [6.07, 6.45) is 1.31. The Bertz CT molecular complexity index is 1380. The van der Waals surface area contributed by atoms with E-state index in [9.17, 15) is 24.5 Å². The zero-order valence-corrected chi connectivity index (χ0v) is 20.3. The standard InChI is InChI=1S/C24H18BrN3O8/c1-34-23(30)20-8-7-17(36-20)12-27-22(29)18(26-24(27)31)10-15-9-16(25)11-19(28(32)33)21(15)35-13-14-5-3-2-4-6-14/h2-11H,12-13H2,1H3,(H,26,31)/b18-10-. The third kappa shape index (κ3) is 5.28. The lowest BCUT2D eigenvalue weighted by molar-refractivity contribution is -0.386. The molecule has 12 heteroatoms. The van der Waals surface area contributed by atoms with Gasteiger partial charge in [-0.1, -0.05) is 46.3 Å². The van der Waals surface area contributed by atoms with Gasteiger partial charge in [0.25, 0.3) is 5.91 Å². The molecule has 1 aliphatic heterocycles. The number of carbonyl (C=O) groups excluding carboxylic acids is 3. The van der Waals surface area contributed by atoms with Gasteiger partial charge in [0, 0.05) is 16.1 Å². The summed E-state index contributed by atoms with van der Waals surface area (Å²) >= 11 is 3.24. The molecule has 0 bridgehead atoms. The number of methoxy groups -OCH3 is 1. The quantitative estimate of drug-likeness (QED) is 0.141. The molecule has 1 N–H and O–H groups in total. The van der Waals surface area contributed by atoms with Crippen LogP contribution in [0.3, 0.4) is 0 Å². The highest BCUT2D eigenvalue weighted by atomic mass is 79.9. The van der Waals surface area contributed by atoms with E-state index in [1.807, 2.05) is 30.3 Å². The number of esters is 1. The monoisotopic (exact) mass is 555 g/mol. The fourth-order valence-electron chi connectivity index (χ4n) is 3.43. The zero-order chi connectivity index (χ0) is 25.8. The molecule has 11 nitrogen and oxygen atoms in total. The largest absolute Gasteiger partial charge is 0.482 e. The predicted octanol–water partition coefficient (Wildman–Crippen LogP) is 4.41. The van der Waals surface area contributed by atoms with Gasteiger partial charge in [0.2, 0.25) is 11.5 Å². The van der Waals surface area contributed by atoms with Gasteiger partial charge >= 0.3 is 17.7 Å². The van der Waals surface area contributed by atoms with Crippen LogP contribution in [-0.4, -0.2) is 34.8 Å². The maximum Gasteiger partial charge on any atom is 0.373 e. The fraction of sp³-hybridized carbons (Fsp3) is 0.125. The van der Waals surface area contributed by atoms with Crippen LogP contribution in [0.25, 0.3) is 6.08 Å². The Morgan fingerprint density at radius 1 is 1.19 bits per heavy atom. The van der Waals surface area contributed by atoms with E-state index in [0.29, 0.717) is 4.47 Å². The summed E-state index contributed by atoms with van der Waals surface area (Å²) in [5.41, 5.74) is 0.571. The zero-order valence-electron chi connectivity index (χ0n) is 18.7. The highest BCUT2D eigenvalue weighted by molar-refractivity contribution is 9.10. The average molecular weight is 556 g/mol. The SMILES string of the molecule is COC(=O)c1ccc(CN2C(=O)N/C(=C\c3cc(Br)cc([N+](=O)[O-])c3OCc3ccccc3)C2=O)o1. The second-order valence-electron chi connectivity index (χ2n) is 7.51. The smallest absolute Gasteiger partial charge is 0.373 e. The number of nitrogens with zero attached hydrogens (tertiary/aromatic N) is 2. The van der Waals surface area contributed by atoms with Crippen LogP contribution in [0.15, 0.2) is 69.2 Å². The molecule has 0 spiro atoms. The number of nitro benzene ring substituents is 1. The number of carbonyl (C=O) groups is 3. The summed E-state index contributed by atoms with van der Waals surface area (Å²) in [6, 6.07) is 14.0. The van der Waals surface area contributed by atoms with Crippen LogP contribution < -0.4 is 10.1 Å². The van der Waals surface area contributed by atoms with Gasteiger partial charge in [-0.2, -0.15) is 0 Å². The Kier molecular flexibility index (Phi) is 7.15. The fourth-order valence-corrected chi connectivity index (χ4v) is 3.89. The number of rotatable bonds is 8. The number of hydrogen-bond donors (Lipinski definition) is 1. The highest BCUT2D eigenvalue weighted by Crippen LogP contribution is 2.37. The summed E-state index contributed by atoms with van der Waals surface area (Å²) in [5.74, 6) is -1.33. The van der Waals surface area contributed by atoms with E-state index in [1.54, 1.807) is 0 Å². The minimum atomic E-state index is -0.724. The molecule has 1 fully saturated rings. The van der Waals surface area contributed by atoms with Crippen molar-refractivity contribution < 1.29 is 33.2 Å². The molecule has 4 rings (SSSR count). The van der Waals surface area contributed by atoms with Crippen LogP contribution in [0.2, 0.25) is 0 Å². The Hall–Kier alpha value is -4.45. The number of amides is 3. The molecule has 0 saturated carbocycles. The van der Waals surface area contributed by atoms with Crippen LogP contribution in [0, 0.1) is 10.1 Å². The van der Waals surface area contributed by atoms with Crippen LogP contribution in [-0.2, 0) is 22.7 Å². The number of hydrogen-bond acceptors (Lipinski definition) is 8. The van der Waals surface area contributed by atoms with Gasteiger partial charge in [0.1, 0.15) is 18.1 Å². The van der Waals surface area contributed by atoms with E-state index in [1.165, 1.54) is 37.5 Å². The van der Waals surface area contributed by atoms with E-state index in [4.69, 9.17) is 9.15 Å². The van der Waals surface area contributed by atoms with Gasteiger partial charge in [0.15, 0.2) is 0 Å². The number of urea groups is 1. The van der Waals surface area contributed by atoms with Crippen LogP contribution in [0.4, 0.5) is 10.5 Å². The molecule has 3 amide bonds. The molecular formula is C24H18BrN3O8. The van der Waals surface area contributed by atoms with Crippen LogP contribution in [0.5, 0.6) is 5.75 Å². The summed E-state index contributed by atoms with van der Waals surface area (Å²) in [7, 11) is 1.20. The topological polar surface area (TPSA) is 141 Å². The minimum absolute atomic E-state index is 0.0485. The first-order valence-electron chi connectivity index (χ1n) is 10.4. The average Bonchev–Trinajstić information content (AvgIpc) is 3.43. The Balaban J connectivity index is 1.62. The first kappa shape index (κ1) is 24.7. The van der Waals surface area contributed by atoms with Gasteiger partial charge in [-0.15, -0.1) is 0 Å². The number of benzene rings is 2. The van der Waals surface area contributed by atoms with Crippen molar-refractivity contribution in [2.45, 2.75) is 13.2 Å². The molecule has 1 aromatic heterocycles. The molecule has 3 aromatic rings. The Labute approximate surface area is 212 Å². The predicted molar refractivity (Wildman–Crippen MR) is 129 cm³/mol. The number of furan rings is 1. The van der Waals surface area contributed by atoms with E-state index < -0.39 is 22.8 Å². The van der Waals surface area contributed by atoms with Crippen molar-refractivity contribution in [3.8, 4) is 5.75 Å². The summed E-state index contributed by atoms with van der Waals surface area (Å²) < 4.78 is 16.1. The van der Waals surface area contributed by atoms with Gasteiger partial charge in [-0.25, -0.2) is 9.59 Å². The van der Waals surface area contributed by atoms with Crippen molar-refractivity contribution in [3.05, 3.63) is 97.5 Å². The Morgan fingerprint density at radius 2 is 1.94 bits per heavy atom. The first-order valence-corrected chi connectivity index (χ1v) is 11.2. The Morgan fingerprint density at radius 3 is 2.64 bits per heavy atom. The lowest BCUT2D eigenvalue weighted by atomic mass is 10.1. The van der Waals surface area contributed by atoms with Crippen LogP contribution >= 0.6 is 15.9 Å². The molecule has 0 aliphatic carbocycles. The van der Waals surface area contributed by atoms with Crippen molar-refractivity contribution in [1.29, 1.82) is 0 Å². The number of nitro groups is 1. The highest BCUT2D eigenvalue weighted by Gasteiger charge is 2.35. The van der Waals surface area contributed by atoms with E-state index >= 15 is 0 Å². The minimum Gasteiger partial charge on any atom is -0.482 e. The molecule has 0 atom stereocenters. The summed E-state index contributed by atoms with van der Waals surface area (Å²) in [5, 5.41) is 14.2. The van der Waals surface area contributed by atoms with Gasteiger partial charge < -0.3 is 19.2 Å². The van der Waals surface area contributed by atoms with Crippen molar-refractivity contribution >= 4 is 45.6 Å². The van der Waals surface area contributed by atoms with Crippen molar-refractivity contribution in [2.24, 2.45) is 0 Å². The van der Waals surface area contributed by atoms with Crippen molar-refractivity contribution in [2.75, 3.05) is 7.11 Å². The molecule has 1 saturated heterocycles. The van der Waals surface area contributed by atoms with Gasteiger partial charge in [0.05, 0.1) is 18.6 Å². The third-order valence-electron chi connectivity index (χ3n) is 5.11. The summed E-state index contributed by atoms with van der Waals surface area (Å²) in [4.78, 5) is 49.0. The third-order valence-corrected chi connectivity index (χ3v) is 5.57. The molecule has 0 unspecified atom stereocenters. The second-order valence-corrected chi connectivity index (χ2v) is 8.43. The van der Waals surface area contributed by atoms with E-state index in [0.717, 1.165) is 10.5 Å². The first-order chi connectivity index (χ1) is 17.3. The molecule has 2 heterocycles. The van der Waals surface area contributed by atoms with Gasteiger partial charge in [-0.3, -0.25) is 19.8 Å². The number of ether oxygens (including phenoxy) is 2. The van der Waals surface area contributed by atoms with E-state index in [2.05, 4.69) is 26.0 Å².